The van der Waals surface area contributed by atoms with Crippen LogP contribution in [0.15, 0.2) is 62.6 Å². The first-order valence-electron chi connectivity index (χ1n) is 16.5. The molecule has 0 saturated carbocycles. The molecule has 3 aromatic heterocycles. The van der Waals surface area contributed by atoms with Gasteiger partial charge in [0.2, 0.25) is 0 Å². The van der Waals surface area contributed by atoms with Crippen molar-refractivity contribution in [1.29, 1.82) is 0 Å². The first-order valence-corrected chi connectivity index (χ1v) is 17.9. The molecule has 0 spiro atoms. The standard InChI is InChI=1S/C31H36N9O11P/c1-3-4-26(41)50-20-7-5-19(6-8-20)13-46-52(45,47-14-21-9-10-24(49-21)40-17-35-27-28(40)33-16-34-30(27)43)48-15-23-22(37-38-32)11-25(51-23)39-12-18(2)29(42)36-31(39)44/h5-8,12,16-17,21-25H,3-4,9-11,13-15H2,1-2H3,(H,33,34,43)(H,36,42,44)/t21-,22+,23-,24+,25-,52?/m1/s1. The molecular formula is C31H36N9O11P. The highest BCUT2D eigenvalue weighted by Crippen LogP contribution is 2.51. The molecule has 4 aromatic rings. The van der Waals surface area contributed by atoms with Gasteiger partial charge in [0.15, 0.2) is 11.2 Å². The molecule has 2 aliphatic heterocycles. The molecule has 20 nitrogen and oxygen atoms in total. The van der Waals surface area contributed by atoms with Crippen LogP contribution < -0.4 is 21.5 Å². The summed E-state index contributed by atoms with van der Waals surface area (Å²) < 4.78 is 51.7. The van der Waals surface area contributed by atoms with Crippen molar-refractivity contribution in [1.82, 2.24) is 29.1 Å². The fourth-order valence-electron chi connectivity index (χ4n) is 5.76. The smallest absolute Gasteiger partial charge is 0.427 e. The van der Waals surface area contributed by atoms with Crippen LogP contribution in [0.5, 0.6) is 5.75 Å². The van der Waals surface area contributed by atoms with Crippen LogP contribution in [0.25, 0.3) is 21.6 Å². The largest absolute Gasteiger partial charge is 0.475 e. The number of rotatable bonds is 15. The molecule has 2 saturated heterocycles. The number of aromatic nitrogens is 6. The number of phosphoric acid groups is 1. The summed E-state index contributed by atoms with van der Waals surface area (Å²) in [6.45, 7) is 2.54. The van der Waals surface area contributed by atoms with Crippen LogP contribution in [0.4, 0.5) is 0 Å². The SMILES string of the molecule is CCCC(=O)Oc1ccc(COP(=O)(OC[C@H]2CC[C@@H](n3cnc4c(=O)[nH]cnc43)O2)OC[C@H]2O[C@@H](n3cc(C)c(=O)[nH]c3=O)C[C@@H]2N=[N+]=[N-])cc1. The number of phosphoric ester groups is 1. The number of aryl methyl sites for hydroxylation is 1. The van der Waals surface area contributed by atoms with Crippen molar-refractivity contribution in [2.45, 2.75) is 83.3 Å². The zero-order valence-corrected chi connectivity index (χ0v) is 29.0. The van der Waals surface area contributed by atoms with Crippen LogP contribution in [0.2, 0.25) is 0 Å². The summed E-state index contributed by atoms with van der Waals surface area (Å²) >= 11 is 0. The maximum atomic E-state index is 14.2. The molecule has 0 aliphatic carbocycles. The molecule has 1 unspecified atom stereocenters. The summed E-state index contributed by atoms with van der Waals surface area (Å²) in [6.07, 6.45) is 3.09. The lowest BCUT2D eigenvalue weighted by Gasteiger charge is -2.23. The molecule has 0 bridgehead atoms. The number of hydrogen-bond donors (Lipinski definition) is 2. The van der Waals surface area contributed by atoms with Gasteiger partial charge in [-0.1, -0.05) is 24.2 Å². The average Bonchev–Trinajstić information content (AvgIpc) is 3.87. The Labute approximate surface area is 294 Å². The minimum atomic E-state index is -4.39. The van der Waals surface area contributed by atoms with E-state index in [1.165, 1.54) is 30.3 Å². The van der Waals surface area contributed by atoms with Crippen LogP contribution in [0.3, 0.4) is 0 Å². The summed E-state index contributed by atoms with van der Waals surface area (Å²) in [6, 6.07) is 5.57. The van der Waals surface area contributed by atoms with E-state index in [1.54, 1.807) is 28.8 Å². The summed E-state index contributed by atoms with van der Waals surface area (Å²) in [5, 5.41) is 3.78. The Hall–Kier alpha value is -4.94. The second-order valence-electron chi connectivity index (χ2n) is 12.1. The van der Waals surface area contributed by atoms with E-state index in [1.807, 2.05) is 6.92 Å². The number of H-pyrrole nitrogens is 2. The van der Waals surface area contributed by atoms with Crippen LogP contribution in [-0.4, -0.2) is 66.5 Å². The third-order valence-corrected chi connectivity index (χ3v) is 9.81. The van der Waals surface area contributed by atoms with Crippen molar-refractivity contribution in [2.24, 2.45) is 5.11 Å². The number of aromatic amines is 2. The molecule has 52 heavy (non-hydrogen) atoms. The normalized spacial score (nSPS) is 22.6. The van der Waals surface area contributed by atoms with E-state index in [9.17, 15) is 29.3 Å². The van der Waals surface area contributed by atoms with E-state index in [0.29, 0.717) is 36.2 Å². The monoisotopic (exact) mass is 741 g/mol. The fourth-order valence-corrected chi connectivity index (χ4v) is 6.97. The van der Waals surface area contributed by atoms with Gasteiger partial charge in [-0.2, -0.15) is 0 Å². The summed E-state index contributed by atoms with van der Waals surface area (Å²) in [5.41, 5.74) is 8.91. The number of nitrogens with one attached hydrogen (secondary N) is 2. The Kier molecular flexibility index (Phi) is 11.5. The molecule has 21 heteroatoms. The lowest BCUT2D eigenvalue weighted by molar-refractivity contribution is -0.134. The molecule has 5 heterocycles. The number of ether oxygens (including phenoxy) is 3. The van der Waals surface area contributed by atoms with Crippen molar-refractivity contribution in [3.05, 3.63) is 95.9 Å². The van der Waals surface area contributed by atoms with E-state index in [0.717, 1.165) is 0 Å². The fraction of sp³-hybridized carbons (Fsp3) is 0.484. The highest BCUT2D eigenvalue weighted by Gasteiger charge is 2.40. The van der Waals surface area contributed by atoms with Crippen LogP contribution in [0.1, 0.15) is 62.6 Å². The van der Waals surface area contributed by atoms with Gasteiger partial charge in [-0.05, 0) is 49.4 Å². The summed E-state index contributed by atoms with van der Waals surface area (Å²) in [5.74, 6) is -0.0265. The number of fused-ring (bicyclic) bond motifs is 1. The molecule has 276 valence electrons. The number of carbonyl (C=O) groups is 1. The predicted octanol–water partition coefficient (Wildman–Crippen LogP) is 3.69. The molecule has 0 amide bonds. The Morgan fingerprint density at radius 1 is 1.06 bits per heavy atom. The highest BCUT2D eigenvalue weighted by molar-refractivity contribution is 7.48. The number of esters is 1. The second kappa shape index (κ2) is 16.2. The Morgan fingerprint density at radius 3 is 2.62 bits per heavy atom. The van der Waals surface area contributed by atoms with Gasteiger partial charge in [0, 0.05) is 29.5 Å². The van der Waals surface area contributed by atoms with Gasteiger partial charge >= 0.3 is 19.5 Å². The molecule has 0 radical (unpaired) electrons. The summed E-state index contributed by atoms with van der Waals surface area (Å²) in [4.78, 5) is 64.3. The lowest BCUT2D eigenvalue weighted by Crippen LogP contribution is -2.33. The first kappa shape index (κ1) is 36.8. The van der Waals surface area contributed by atoms with Crippen molar-refractivity contribution >= 4 is 25.0 Å². The Morgan fingerprint density at radius 2 is 1.85 bits per heavy atom. The average molecular weight is 742 g/mol. The van der Waals surface area contributed by atoms with Crippen molar-refractivity contribution < 1.29 is 37.1 Å². The highest BCUT2D eigenvalue weighted by atomic mass is 31.2. The predicted molar refractivity (Wildman–Crippen MR) is 180 cm³/mol. The number of azide groups is 1. The Balaban J connectivity index is 1.15. The number of carbonyl (C=O) groups excluding carboxylic acids is 1. The van der Waals surface area contributed by atoms with E-state index in [4.69, 9.17) is 27.8 Å². The summed E-state index contributed by atoms with van der Waals surface area (Å²) in [7, 11) is -4.39. The second-order valence-corrected chi connectivity index (χ2v) is 13.8. The minimum absolute atomic E-state index is 0.0611. The number of imidazole rings is 1. The van der Waals surface area contributed by atoms with Gasteiger partial charge < -0.3 is 19.2 Å². The van der Waals surface area contributed by atoms with Crippen LogP contribution >= 0.6 is 7.82 Å². The van der Waals surface area contributed by atoms with Gasteiger partial charge in [0.25, 0.3) is 11.1 Å². The molecular weight excluding hydrogens is 705 g/mol. The molecule has 2 aliphatic rings. The minimum Gasteiger partial charge on any atom is -0.427 e. The van der Waals surface area contributed by atoms with Gasteiger partial charge in [0.05, 0.1) is 50.7 Å². The quantitative estimate of drug-likeness (QED) is 0.0441. The zero-order valence-electron chi connectivity index (χ0n) is 28.2. The molecule has 1 aromatic carbocycles. The van der Waals surface area contributed by atoms with E-state index in [2.05, 4.69) is 30.0 Å². The van der Waals surface area contributed by atoms with E-state index in [-0.39, 0.29) is 48.7 Å². The maximum absolute atomic E-state index is 14.2. The van der Waals surface area contributed by atoms with E-state index < -0.39 is 56.4 Å². The van der Waals surface area contributed by atoms with Gasteiger partial charge in [-0.25, -0.2) is 19.3 Å². The van der Waals surface area contributed by atoms with Crippen molar-refractivity contribution in [3.63, 3.8) is 0 Å². The Bertz CT molecular complexity index is 2180. The maximum Gasteiger partial charge on any atom is 0.475 e. The third-order valence-electron chi connectivity index (χ3n) is 8.43. The number of hydrogen-bond acceptors (Lipinski definition) is 14. The van der Waals surface area contributed by atoms with Crippen LogP contribution in [-0.2, 0) is 39.0 Å². The van der Waals surface area contributed by atoms with Crippen molar-refractivity contribution in [3.8, 4) is 5.75 Å². The first-order chi connectivity index (χ1) is 25.1. The topological polar surface area (TPSA) is 257 Å². The lowest BCUT2D eigenvalue weighted by atomic mass is 10.1. The molecule has 6 rings (SSSR count). The molecule has 2 N–H and O–H groups in total. The van der Waals surface area contributed by atoms with Gasteiger partial charge in [0.1, 0.15) is 18.2 Å². The third kappa shape index (κ3) is 8.56. The van der Waals surface area contributed by atoms with E-state index >= 15 is 0 Å². The van der Waals surface area contributed by atoms with Crippen molar-refractivity contribution in [2.75, 3.05) is 13.2 Å². The molecule has 2 fully saturated rings. The molecule has 6 atom stereocenters. The number of nitrogens with zero attached hydrogens (tertiary/aromatic N) is 7. The van der Waals surface area contributed by atoms with Gasteiger partial charge in [-0.3, -0.25) is 42.1 Å². The number of benzene rings is 1. The zero-order chi connectivity index (χ0) is 36.8. The van der Waals surface area contributed by atoms with Gasteiger partial charge in [-0.15, -0.1) is 0 Å². The van der Waals surface area contributed by atoms with Crippen LogP contribution in [0, 0.1) is 6.92 Å².